The molecule has 0 spiro atoms. The van der Waals surface area contributed by atoms with Crippen molar-refractivity contribution >= 4 is 16.1 Å². The zero-order valence-corrected chi connectivity index (χ0v) is 9.66. The quantitative estimate of drug-likeness (QED) is 0.577. The van der Waals surface area contributed by atoms with E-state index in [0.29, 0.717) is 11.8 Å². The maximum Gasteiger partial charge on any atom is 0.175 e. The monoisotopic (exact) mass is 240 g/mol. The van der Waals surface area contributed by atoms with Crippen molar-refractivity contribution in [3.8, 4) is 5.75 Å². The summed E-state index contributed by atoms with van der Waals surface area (Å²) in [4.78, 5) is 10.8. The first-order valence-electron chi connectivity index (χ1n) is 4.52. The van der Waals surface area contributed by atoms with Crippen LogP contribution in [0.3, 0.4) is 0 Å². The highest BCUT2D eigenvalue weighted by Crippen LogP contribution is 2.21. The fourth-order valence-electron chi connectivity index (χ4n) is 1.12. The molecule has 0 saturated carbocycles. The SMILES string of the molecule is C=CCOc1cc(S(C)(=O)=O)ccc1C=O. The number of rotatable bonds is 5. The van der Waals surface area contributed by atoms with Gasteiger partial charge in [-0.25, -0.2) is 8.42 Å². The molecule has 5 heteroatoms. The van der Waals surface area contributed by atoms with E-state index >= 15 is 0 Å². The molecule has 0 saturated heterocycles. The lowest BCUT2D eigenvalue weighted by molar-refractivity contribution is 0.112. The van der Waals surface area contributed by atoms with Crippen molar-refractivity contribution in [2.45, 2.75) is 4.90 Å². The van der Waals surface area contributed by atoms with Gasteiger partial charge in [-0.3, -0.25) is 4.79 Å². The van der Waals surface area contributed by atoms with Gasteiger partial charge < -0.3 is 4.74 Å². The van der Waals surface area contributed by atoms with E-state index in [2.05, 4.69) is 6.58 Å². The molecule has 0 unspecified atom stereocenters. The Balaban J connectivity index is 3.21. The number of benzene rings is 1. The number of hydrogen-bond donors (Lipinski definition) is 0. The van der Waals surface area contributed by atoms with Crippen LogP contribution in [-0.4, -0.2) is 27.6 Å². The molecule has 0 aliphatic rings. The van der Waals surface area contributed by atoms with Crippen molar-refractivity contribution in [3.63, 3.8) is 0 Å². The summed E-state index contributed by atoms with van der Waals surface area (Å²) in [6, 6.07) is 4.13. The van der Waals surface area contributed by atoms with Crippen LogP contribution in [0.1, 0.15) is 10.4 Å². The van der Waals surface area contributed by atoms with Gasteiger partial charge >= 0.3 is 0 Å². The predicted octanol–water partition coefficient (Wildman–Crippen LogP) is 1.47. The van der Waals surface area contributed by atoms with Gasteiger partial charge in [0.15, 0.2) is 16.1 Å². The van der Waals surface area contributed by atoms with Gasteiger partial charge in [0, 0.05) is 6.26 Å². The summed E-state index contributed by atoms with van der Waals surface area (Å²) in [6.45, 7) is 3.69. The van der Waals surface area contributed by atoms with Crippen molar-refractivity contribution in [1.82, 2.24) is 0 Å². The molecular formula is C11H12O4S. The van der Waals surface area contributed by atoms with E-state index in [1.165, 1.54) is 24.3 Å². The van der Waals surface area contributed by atoms with E-state index in [9.17, 15) is 13.2 Å². The lowest BCUT2D eigenvalue weighted by Crippen LogP contribution is -2.01. The normalized spacial score (nSPS) is 10.8. The molecular weight excluding hydrogens is 228 g/mol. The van der Waals surface area contributed by atoms with Gasteiger partial charge in [0.2, 0.25) is 0 Å². The number of carbonyl (C=O) groups excluding carboxylic acids is 1. The zero-order chi connectivity index (χ0) is 12.2. The molecule has 0 fully saturated rings. The van der Waals surface area contributed by atoms with E-state index in [1.54, 1.807) is 0 Å². The van der Waals surface area contributed by atoms with Gasteiger partial charge in [-0.05, 0) is 18.2 Å². The molecule has 0 atom stereocenters. The Bertz CT molecular complexity index is 503. The van der Waals surface area contributed by atoms with Crippen LogP contribution in [0.5, 0.6) is 5.75 Å². The van der Waals surface area contributed by atoms with E-state index in [0.717, 1.165) is 6.26 Å². The zero-order valence-electron chi connectivity index (χ0n) is 8.84. The maximum atomic E-state index is 11.3. The lowest BCUT2D eigenvalue weighted by Gasteiger charge is -2.07. The molecule has 16 heavy (non-hydrogen) atoms. The molecule has 0 heterocycles. The molecule has 0 N–H and O–H groups in total. The molecule has 4 nitrogen and oxygen atoms in total. The number of sulfone groups is 1. The standard InChI is InChI=1S/C11H12O4S/c1-3-6-15-11-7-10(16(2,13)14)5-4-9(11)8-12/h3-5,7-8H,1,6H2,2H3. The highest BCUT2D eigenvalue weighted by Gasteiger charge is 2.11. The third-order valence-electron chi connectivity index (χ3n) is 1.90. The minimum Gasteiger partial charge on any atom is -0.489 e. The number of hydrogen-bond acceptors (Lipinski definition) is 4. The molecule has 0 radical (unpaired) electrons. The minimum absolute atomic E-state index is 0.122. The molecule has 0 bridgehead atoms. The van der Waals surface area contributed by atoms with Crippen molar-refractivity contribution in [1.29, 1.82) is 0 Å². The fourth-order valence-corrected chi connectivity index (χ4v) is 1.75. The smallest absolute Gasteiger partial charge is 0.175 e. The average Bonchev–Trinajstić information content (AvgIpc) is 2.24. The van der Waals surface area contributed by atoms with E-state index in [4.69, 9.17) is 4.74 Å². The van der Waals surface area contributed by atoms with Crippen LogP contribution < -0.4 is 4.74 Å². The summed E-state index contributed by atoms with van der Waals surface area (Å²) in [7, 11) is -3.30. The van der Waals surface area contributed by atoms with Crippen LogP contribution in [0.25, 0.3) is 0 Å². The van der Waals surface area contributed by atoms with Crippen molar-refractivity contribution in [3.05, 3.63) is 36.4 Å². The molecule has 0 aromatic heterocycles. The summed E-state index contributed by atoms with van der Waals surface area (Å²) in [5.41, 5.74) is 0.314. The molecule has 1 aromatic carbocycles. The maximum absolute atomic E-state index is 11.3. The van der Waals surface area contributed by atoms with E-state index < -0.39 is 9.84 Å². The topological polar surface area (TPSA) is 60.4 Å². The first kappa shape index (κ1) is 12.4. The van der Waals surface area contributed by atoms with Crippen molar-refractivity contribution in [2.75, 3.05) is 12.9 Å². The van der Waals surface area contributed by atoms with Gasteiger partial charge in [0.05, 0.1) is 10.5 Å². The molecule has 0 aliphatic carbocycles. The minimum atomic E-state index is -3.30. The van der Waals surface area contributed by atoms with Crippen LogP contribution >= 0.6 is 0 Å². The molecule has 1 rings (SSSR count). The van der Waals surface area contributed by atoms with Crippen LogP contribution in [-0.2, 0) is 9.84 Å². The summed E-state index contributed by atoms with van der Waals surface area (Å²) in [5, 5.41) is 0. The summed E-state index contributed by atoms with van der Waals surface area (Å²) < 4.78 is 27.8. The highest BCUT2D eigenvalue weighted by molar-refractivity contribution is 7.90. The molecule has 1 aromatic rings. The van der Waals surface area contributed by atoms with Gasteiger partial charge in [-0.2, -0.15) is 0 Å². The largest absolute Gasteiger partial charge is 0.489 e. The van der Waals surface area contributed by atoms with Crippen LogP contribution in [0.15, 0.2) is 35.7 Å². The Morgan fingerprint density at radius 3 is 2.62 bits per heavy atom. The first-order valence-corrected chi connectivity index (χ1v) is 6.41. The molecule has 0 amide bonds. The van der Waals surface area contributed by atoms with Crippen LogP contribution in [0.2, 0.25) is 0 Å². The second-order valence-corrected chi connectivity index (χ2v) is 5.21. The highest BCUT2D eigenvalue weighted by atomic mass is 32.2. The Labute approximate surface area is 94.5 Å². The van der Waals surface area contributed by atoms with Crippen LogP contribution in [0, 0.1) is 0 Å². The number of carbonyl (C=O) groups is 1. The summed E-state index contributed by atoms with van der Waals surface area (Å²) in [5.74, 6) is 0.248. The molecule has 0 aliphatic heterocycles. The van der Waals surface area contributed by atoms with Gasteiger partial charge in [-0.1, -0.05) is 12.7 Å². The average molecular weight is 240 g/mol. The number of aldehydes is 1. The predicted molar refractivity (Wildman–Crippen MR) is 60.6 cm³/mol. The lowest BCUT2D eigenvalue weighted by atomic mass is 10.2. The second-order valence-electron chi connectivity index (χ2n) is 3.19. The van der Waals surface area contributed by atoms with E-state index in [-0.39, 0.29) is 17.3 Å². The third-order valence-corrected chi connectivity index (χ3v) is 3.01. The van der Waals surface area contributed by atoms with Crippen molar-refractivity contribution in [2.24, 2.45) is 0 Å². The Morgan fingerprint density at radius 2 is 2.12 bits per heavy atom. The third kappa shape index (κ3) is 2.93. The van der Waals surface area contributed by atoms with Crippen molar-refractivity contribution < 1.29 is 17.9 Å². The fraction of sp³-hybridized carbons (Fsp3) is 0.182. The summed E-state index contributed by atoms with van der Waals surface area (Å²) >= 11 is 0. The second kappa shape index (κ2) is 4.94. The Hall–Kier alpha value is -1.62. The van der Waals surface area contributed by atoms with Gasteiger partial charge in [0.1, 0.15) is 12.4 Å². The first-order chi connectivity index (χ1) is 7.49. The number of ether oxygens (including phenoxy) is 1. The van der Waals surface area contributed by atoms with Gasteiger partial charge in [-0.15, -0.1) is 0 Å². The Morgan fingerprint density at radius 1 is 1.44 bits per heavy atom. The molecule has 86 valence electrons. The Kier molecular flexibility index (Phi) is 3.84. The van der Waals surface area contributed by atoms with E-state index in [1.807, 2.05) is 0 Å². The summed E-state index contributed by atoms with van der Waals surface area (Å²) in [6.07, 6.45) is 3.23. The van der Waals surface area contributed by atoms with Gasteiger partial charge in [0.25, 0.3) is 0 Å². The van der Waals surface area contributed by atoms with Crippen LogP contribution in [0.4, 0.5) is 0 Å².